The molecule has 0 saturated carbocycles. The predicted octanol–water partition coefficient (Wildman–Crippen LogP) is 3.06. The molecular formula is C29H31N3O10. The second kappa shape index (κ2) is 14.6. The summed E-state index contributed by atoms with van der Waals surface area (Å²) in [5.41, 5.74) is 1.16. The summed E-state index contributed by atoms with van der Waals surface area (Å²) < 4.78 is 10.0. The van der Waals surface area contributed by atoms with E-state index in [1.165, 1.54) is 24.3 Å². The van der Waals surface area contributed by atoms with E-state index in [0.717, 1.165) is 4.90 Å². The molecule has 222 valence electrons. The number of carbonyl (C=O) groups excluding carboxylic acids is 6. The lowest BCUT2D eigenvalue weighted by Crippen LogP contribution is -2.42. The van der Waals surface area contributed by atoms with Gasteiger partial charge in [-0.25, -0.2) is 4.79 Å². The molecule has 1 fully saturated rings. The third-order valence-corrected chi connectivity index (χ3v) is 6.60. The number of nitrogens with zero attached hydrogens (tertiary/aromatic N) is 2. The molecular weight excluding hydrogens is 550 g/mol. The van der Waals surface area contributed by atoms with Gasteiger partial charge in [0, 0.05) is 56.7 Å². The van der Waals surface area contributed by atoms with Crippen LogP contribution in [0, 0.1) is 16.0 Å². The van der Waals surface area contributed by atoms with E-state index >= 15 is 0 Å². The minimum atomic E-state index is -0.986. The van der Waals surface area contributed by atoms with Crippen molar-refractivity contribution in [3.63, 3.8) is 0 Å². The Labute approximate surface area is 241 Å². The lowest BCUT2D eigenvalue weighted by molar-refractivity contribution is -0.384. The highest BCUT2D eigenvalue weighted by Gasteiger charge is 2.29. The molecule has 13 nitrogen and oxygen atoms in total. The van der Waals surface area contributed by atoms with E-state index in [-0.39, 0.29) is 80.1 Å². The number of imide groups is 1. The van der Waals surface area contributed by atoms with E-state index in [4.69, 9.17) is 9.47 Å². The van der Waals surface area contributed by atoms with Crippen LogP contribution in [0.1, 0.15) is 50.7 Å². The number of nitrogens with one attached hydrogen (secondary N) is 1. The molecule has 3 rings (SSSR count). The van der Waals surface area contributed by atoms with Gasteiger partial charge < -0.3 is 14.8 Å². The van der Waals surface area contributed by atoms with Crippen LogP contribution in [0.2, 0.25) is 0 Å². The van der Waals surface area contributed by atoms with Gasteiger partial charge in [0.25, 0.3) is 5.69 Å². The molecule has 0 spiro atoms. The van der Waals surface area contributed by atoms with E-state index in [1.807, 2.05) is 0 Å². The van der Waals surface area contributed by atoms with Crippen LogP contribution in [0.15, 0.2) is 48.5 Å². The zero-order valence-corrected chi connectivity index (χ0v) is 23.2. The molecule has 3 amide bonds. The first-order valence-electron chi connectivity index (χ1n) is 13.3. The van der Waals surface area contributed by atoms with Crippen molar-refractivity contribution in [3.8, 4) is 5.75 Å². The minimum absolute atomic E-state index is 0.0108. The second-order valence-corrected chi connectivity index (χ2v) is 9.91. The highest BCUT2D eigenvalue weighted by atomic mass is 16.7. The van der Waals surface area contributed by atoms with Crippen LogP contribution in [-0.4, -0.2) is 57.9 Å². The fourth-order valence-corrected chi connectivity index (χ4v) is 4.09. The summed E-state index contributed by atoms with van der Waals surface area (Å²) in [4.78, 5) is 83.8. The third-order valence-electron chi connectivity index (χ3n) is 6.60. The number of Topliss-reactive ketones (excluding diaryl/α,β-unsaturated/α-hetero) is 2. The van der Waals surface area contributed by atoms with E-state index in [1.54, 1.807) is 38.1 Å². The third kappa shape index (κ3) is 9.32. The van der Waals surface area contributed by atoms with Crippen molar-refractivity contribution in [3.05, 3.63) is 69.8 Å². The Kier molecular flexibility index (Phi) is 11.0. The number of benzene rings is 2. The Morgan fingerprint density at radius 2 is 1.55 bits per heavy atom. The smallest absolute Gasteiger partial charge is 0.429 e. The summed E-state index contributed by atoms with van der Waals surface area (Å²) in [6, 6.07) is 10.9. The average molecular weight is 582 g/mol. The largest absolute Gasteiger partial charge is 0.514 e. The van der Waals surface area contributed by atoms with Crippen molar-refractivity contribution >= 4 is 41.1 Å². The van der Waals surface area contributed by atoms with Gasteiger partial charge in [-0.05, 0) is 30.2 Å². The molecule has 42 heavy (non-hydrogen) atoms. The van der Waals surface area contributed by atoms with Gasteiger partial charge in [-0.15, -0.1) is 0 Å². The van der Waals surface area contributed by atoms with E-state index in [0.29, 0.717) is 11.1 Å². The van der Waals surface area contributed by atoms with Crippen molar-refractivity contribution < 1.29 is 43.2 Å². The number of amides is 3. The summed E-state index contributed by atoms with van der Waals surface area (Å²) >= 11 is 0. The van der Waals surface area contributed by atoms with E-state index in [9.17, 15) is 38.9 Å². The molecule has 0 bridgehead atoms. The van der Waals surface area contributed by atoms with Crippen LogP contribution in [0.3, 0.4) is 0 Å². The SMILES string of the molecule is C[C@H](CC(=O)CCN1C(=O)CCC1=O)C(=O)N[C@@H](C)C(=O)Cc1ccc(COC(=O)Oc2ccc([N+](=O)[O-])cc2)cc1. The van der Waals surface area contributed by atoms with Crippen molar-refractivity contribution in [2.75, 3.05) is 6.54 Å². The van der Waals surface area contributed by atoms with Crippen LogP contribution in [0.5, 0.6) is 5.75 Å². The number of ether oxygens (including phenoxy) is 2. The Morgan fingerprint density at radius 1 is 0.952 bits per heavy atom. The average Bonchev–Trinajstić information content (AvgIpc) is 3.28. The molecule has 0 unspecified atom stereocenters. The topological polar surface area (TPSA) is 179 Å². The lowest BCUT2D eigenvalue weighted by Gasteiger charge is -2.17. The van der Waals surface area contributed by atoms with Gasteiger partial charge in [-0.3, -0.25) is 39.0 Å². The van der Waals surface area contributed by atoms with Gasteiger partial charge in [0.15, 0.2) is 5.78 Å². The van der Waals surface area contributed by atoms with Crippen molar-refractivity contribution in [2.45, 2.75) is 58.6 Å². The fraction of sp³-hybridized carbons (Fsp3) is 0.379. The zero-order valence-electron chi connectivity index (χ0n) is 23.2. The molecule has 13 heteroatoms. The number of nitro benzene ring substituents is 1. The number of ketones is 2. The van der Waals surface area contributed by atoms with Gasteiger partial charge in [0.1, 0.15) is 18.1 Å². The molecule has 1 aliphatic heterocycles. The number of rotatable bonds is 14. The molecule has 2 aromatic carbocycles. The Balaban J connectivity index is 1.38. The van der Waals surface area contributed by atoms with Gasteiger partial charge in [-0.2, -0.15) is 0 Å². The summed E-state index contributed by atoms with van der Waals surface area (Å²) in [5.74, 6) is -2.15. The van der Waals surface area contributed by atoms with Gasteiger partial charge in [0.05, 0.1) is 11.0 Å². The molecule has 1 saturated heterocycles. The monoisotopic (exact) mass is 581 g/mol. The number of likely N-dealkylation sites (tertiary alicyclic amines) is 1. The van der Waals surface area contributed by atoms with Crippen LogP contribution in [0.25, 0.3) is 0 Å². The van der Waals surface area contributed by atoms with Crippen molar-refractivity contribution in [1.82, 2.24) is 10.2 Å². The number of hydrogen-bond acceptors (Lipinski definition) is 10. The van der Waals surface area contributed by atoms with Gasteiger partial charge in [0.2, 0.25) is 17.7 Å². The predicted molar refractivity (Wildman–Crippen MR) is 146 cm³/mol. The first-order valence-corrected chi connectivity index (χ1v) is 13.3. The normalized spacial score (nSPS) is 14.2. The Hall–Kier alpha value is -4.94. The molecule has 0 aliphatic carbocycles. The number of nitro groups is 1. The lowest BCUT2D eigenvalue weighted by atomic mass is 10.00. The quantitative estimate of drug-likeness (QED) is 0.115. The Bertz CT molecular complexity index is 1340. The van der Waals surface area contributed by atoms with Gasteiger partial charge in [-0.1, -0.05) is 31.2 Å². The molecule has 1 heterocycles. The maximum absolute atomic E-state index is 12.7. The van der Waals surface area contributed by atoms with Crippen LogP contribution >= 0.6 is 0 Å². The highest BCUT2D eigenvalue weighted by Crippen LogP contribution is 2.18. The maximum atomic E-state index is 12.7. The standard InChI is InChI=1S/C29H31N3O10/c1-18(15-23(33)13-14-31-26(35)11-12-27(31)36)28(37)30-19(2)25(34)16-20-3-5-21(6-4-20)17-41-29(38)42-24-9-7-22(8-10-24)32(39)40/h3-10,18-19H,11-17H2,1-2H3,(H,30,37)/t18-,19+/m1/s1. The van der Waals surface area contributed by atoms with Gasteiger partial charge >= 0.3 is 6.16 Å². The summed E-state index contributed by atoms with van der Waals surface area (Å²) in [6.45, 7) is 3.03. The molecule has 2 aromatic rings. The molecule has 0 aromatic heterocycles. The molecule has 1 aliphatic rings. The number of non-ortho nitro benzene ring substituents is 1. The first kappa shape index (κ1) is 31.6. The highest BCUT2D eigenvalue weighted by molar-refractivity contribution is 6.02. The van der Waals surface area contributed by atoms with Crippen LogP contribution in [0.4, 0.5) is 10.5 Å². The second-order valence-electron chi connectivity index (χ2n) is 9.91. The maximum Gasteiger partial charge on any atom is 0.514 e. The van der Waals surface area contributed by atoms with Crippen molar-refractivity contribution in [1.29, 1.82) is 0 Å². The van der Waals surface area contributed by atoms with Crippen molar-refractivity contribution in [2.24, 2.45) is 5.92 Å². The molecule has 2 atom stereocenters. The zero-order chi connectivity index (χ0) is 30.8. The van der Waals surface area contributed by atoms with Crippen LogP contribution < -0.4 is 10.1 Å². The minimum Gasteiger partial charge on any atom is -0.429 e. The molecule has 0 radical (unpaired) electrons. The summed E-state index contributed by atoms with van der Waals surface area (Å²) in [6.07, 6.45) is -0.739. The number of carbonyl (C=O) groups is 6. The first-order chi connectivity index (χ1) is 19.9. The Morgan fingerprint density at radius 3 is 2.14 bits per heavy atom. The number of hydrogen-bond donors (Lipinski definition) is 1. The van der Waals surface area contributed by atoms with E-state index in [2.05, 4.69) is 5.32 Å². The summed E-state index contributed by atoms with van der Waals surface area (Å²) in [7, 11) is 0. The van der Waals surface area contributed by atoms with Crippen LogP contribution in [-0.2, 0) is 41.7 Å². The fourth-order valence-electron chi connectivity index (χ4n) is 4.09. The summed E-state index contributed by atoms with van der Waals surface area (Å²) in [5, 5.41) is 13.3. The van der Waals surface area contributed by atoms with E-state index < -0.39 is 28.9 Å². The molecule has 1 N–H and O–H groups in total.